The lowest BCUT2D eigenvalue weighted by Gasteiger charge is -2.33. The minimum atomic E-state index is -0.882. The Morgan fingerprint density at radius 3 is 2.69 bits per heavy atom. The van der Waals surface area contributed by atoms with Crippen LogP contribution in [0.3, 0.4) is 0 Å². The third-order valence-corrected chi connectivity index (χ3v) is 6.51. The number of imidazole rings is 1. The molecule has 2 aliphatic rings. The Morgan fingerprint density at radius 1 is 1.17 bits per heavy atom. The first-order valence-electron chi connectivity index (χ1n) is 12.1. The van der Waals surface area contributed by atoms with Crippen molar-refractivity contribution in [2.75, 3.05) is 13.1 Å². The Hall–Kier alpha value is -4.02. The summed E-state index contributed by atoms with van der Waals surface area (Å²) in [5.41, 5.74) is 2.31. The predicted molar refractivity (Wildman–Crippen MR) is 130 cm³/mol. The number of hydrogen-bond acceptors (Lipinski definition) is 7. The van der Waals surface area contributed by atoms with Crippen LogP contribution in [0.15, 0.2) is 51.1 Å². The Labute approximate surface area is 206 Å². The average Bonchev–Trinajstić information content (AvgIpc) is 3.46. The fourth-order valence-electron chi connectivity index (χ4n) is 4.67. The molecule has 0 radical (unpaired) electrons. The zero-order valence-corrected chi connectivity index (χ0v) is 19.6. The molecule has 2 aromatic heterocycles. The van der Waals surface area contributed by atoms with Crippen molar-refractivity contribution in [1.82, 2.24) is 19.6 Å². The highest BCUT2D eigenvalue weighted by Crippen LogP contribution is 2.34. The molecule has 188 valence electrons. The van der Waals surface area contributed by atoms with Crippen LogP contribution in [0.5, 0.6) is 0 Å². The molecule has 1 atom stereocenters. The summed E-state index contributed by atoms with van der Waals surface area (Å²) in [5.74, 6) is -0.226. The molecule has 1 fully saturated rings. The molecular weight excluding hydrogens is 467 g/mol. The lowest BCUT2D eigenvalue weighted by atomic mass is 10.0. The number of carboxylic acids is 1. The number of fused-ring (bicyclic) bond motifs is 1. The first-order chi connectivity index (χ1) is 17.5. The third-order valence-electron chi connectivity index (χ3n) is 6.51. The topological polar surface area (TPSA) is 125 Å². The summed E-state index contributed by atoms with van der Waals surface area (Å²) in [6.45, 7) is 1.22. The van der Waals surface area contributed by atoms with E-state index in [1.807, 2.05) is 10.6 Å². The molecule has 1 aromatic carbocycles. The highest BCUT2D eigenvalue weighted by molar-refractivity contribution is 5.90. The third kappa shape index (κ3) is 5.14. The maximum absolute atomic E-state index is 13.5. The maximum Gasteiger partial charge on any atom is 0.306 e. The number of aromatic nitrogens is 2. The van der Waals surface area contributed by atoms with Crippen molar-refractivity contribution >= 4 is 29.9 Å². The van der Waals surface area contributed by atoms with E-state index in [0.29, 0.717) is 43.4 Å². The van der Waals surface area contributed by atoms with Crippen LogP contribution in [0.25, 0.3) is 17.1 Å². The van der Waals surface area contributed by atoms with E-state index in [1.165, 1.54) is 12.1 Å². The fraction of sp³-hybridized carbons (Fsp3) is 0.400. The molecule has 11 heteroatoms. The predicted octanol–water partition coefficient (Wildman–Crippen LogP) is 3.44. The van der Waals surface area contributed by atoms with Gasteiger partial charge in [0.2, 0.25) is 11.9 Å². The lowest BCUT2D eigenvalue weighted by Crippen LogP contribution is -2.46. The van der Waals surface area contributed by atoms with E-state index >= 15 is 0 Å². The molecule has 3 aromatic rings. The van der Waals surface area contributed by atoms with Gasteiger partial charge in [-0.05, 0) is 43.5 Å². The maximum atomic E-state index is 13.5. The summed E-state index contributed by atoms with van der Waals surface area (Å²) in [5, 5.41) is 12.2. The molecule has 10 nitrogen and oxygen atoms in total. The number of nitrogens with one attached hydrogen (secondary N) is 1. The fourth-order valence-corrected chi connectivity index (χ4v) is 4.67. The molecule has 0 aliphatic carbocycles. The van der Waals surface area contributed by atoms with Gasteiger partial charge in [-0.15, -0.1) is 0 Å². The number of oxazole rings is 1. The van der Waals surface area contributed by atoms with E-state index in [2.05, 4.69) is 15.3 Å². The monoisotopic (exact) mass is 494 g/mol. The number of guanidine groups is 1. The van der Waals surface area contributed by atoms with E-state index in [-0.39, 0.29) is 36.6 Å². The van der Waals surface area contributed by atoms with Gasteiger partial charge < -0.3 is 19.7 Å². The van der Waals surface area contributed by atoms with Crippen molar-refractivity contribution in [2.24, 2.45) is 9.98 Å². The van der Waals surface area contributed by atoms with E-state index in [4.69, 9.17) is 14.5 Å². The first-order valence-corrected chi connectivity index (χ1v) is 12.1. The largest absolute Gasteiger partial charge is 0.481 e. The van der Waals surface area contributed by atoms with E-state index < -0.39 is 5.97 Å². The number of piperidine rings is 1. The molecule has 2 aliphatic heterocycles. The van der Waals surface area contributed by atoms with Gasteiger partial charge in [0.1, 0.15) is 18.1 Å². The van der Waals surface area contributed by atoms with Crippen LogP contribution >= 0.6 is 0 Å². The van der Waals surface area contributed by atoms with Gasteiger partial charge in [-0.1, -0.05) is 0 Å². The normalized spacial score (nSPS) is 18.4. The van der Waals surface area contributed by atoms with Crippen LogP contribution in [-0.2, 0) is 9.59 Å². The number of amides is 1. The Morgan fingerprint density at radius 2 is 1.94 bits per heavy atom. The summed E-state index contributed by atoms with van der Waals surface area (Å²) >= 11 is 0. The van der Waals surface area contributed by atoms with Crippen molar-refractivity contribution in [2.45, 2.75) is 50.6 Å². The minimum absolute atomic E-state index is 0.000904. The Kier molecular flexibility index (Phi) is 6.79. The second-order valence-electron chi connectivity index (χ2n) is 8.97. The number of aliphatic carboxylic acids is 1. The molecule has 0 bridgehead atoms. The molecule has 5 rings (SSSR count). The van der Waals surface area contributed by atoms with Gasteiger partial charge in [0, 0.05) is 56.4 Å². The number of carbonyl (C=O) groups is 2. The highest BCUT2D eigenvalue weighted by Gasteiger charge is 2.27. The first kappa shape index (κ1) is 23.7. The second-order valence-corrected chi connectivity index (χ2v) is 8.97. The minimum Gasteiger partial charge on any atom is -0.481 e. The van der Waals surface area contributed by atoms with E-state index in [9.17, 15) is 14.0 Å². The average molecular weight is 495 g/mol. The molecule has 4 heterocycles. The van der Waals surface area contributed by atoms with Gasteiger partial charge >= 0.3 is 11.8 Å². The lowest BCUT2D eigenvalue weighted by molar-refractivity contribution is -0.137. The zero-order chi connectivity index (χ0) is 25.1. The second kappa shape index (κ2) is 10.3. The molecule has 0 spiro atoms. The van der Waals surface area contributed by atoms with Crippen LogP contribution in [0.1, 0.15) is 50.3 Å². The van der Waals surface area contributed by atoms with E-state index in [1.54, 1.807) is 29.5 Å². The van der Waals surface area contributed by atoms with Crippen LogP contribution in [0.2, 0.25) is 0 Å². The molecule has 36 heavy (non-hydrogen) atoms. The smallest absolute Gasteiger partial charge is 0.306 e. The van der Waals surface area contributed by atoms with Crippen molar-refractivity contribution in [3.63, 3.8) is 0 Å². The van der Waals surface area contributed by atoms with E-state index in [0.717, 1.165) is 24.1 Å². The number of halogens is 1. The summed E-state index contributed by atoms with van der Waals surface area (Å²) in [4.78, 5) is 38.7. The molecule has 0 saturated carbocycles. The molecule has 1 saturated heterocycles. The molecular formula is C25H27FN6O4. The number of rotatable bonds is 7. The van der Waals surface area contributed by atoms with Gasteiger partial charge in [-0.3, -0.25) is 14.0 Å². The number of nitrogens with zero attached hydrogens (tertiary/aromatic N) is 5. The molecule has 1 amide bonds. The van der Waals surface area contributed by atoms with Crippen molar-refractivity contribution in [3.8, 4) is 11.3 Å². The van der Waals surface area contributed by atoms with Gasteiger partial charge in [-0.25, -0.2) is 14.4 Å². The standard InChI is InChI=1S/C25H27FN6O4/c26-17-6-4-16(5-7-17)22-23(32-14-15-36-25(32)30-22)19-8-11-27-24(29-19)28-18-9-12-31(13-10-18)20(33)2-1-3-21(34)35/h4-7,11,14-15,18-19H,1-3,8-10,12-13H2,(H,28,29)(H,34,35). The van der Waals surface area contributed by atoms with Crippen molar-refractivity contribution < 1.29 is 23.5 Å². The van der Waals surface area contributed by atoms with Gasteiger partial charge in [-0.2, -0.15) is 4.98 Å². The Balaban J connectivity index is 1.26. The SMILES string of the molecule is O=C(O)CCCC(=O)N1CCC(NC2=NC(c3c(-c4ccc(F)cc4)nc4occn34)CC=N2)CC1. The molecule has 2 N–H and O–H groups in total. The number of aliphatic imine (C=N–C) groups is 2. The zero-order valence-electron chi connectivity index (χ0n) is 19.6. The summed E-state index contributed by atoms with van der Waals surface area (Å²) in [6, 6.07) is 6.06. The molecule has 1 unspecified atom stereocenters. The number of hydrogen-bond donors (Lipinski definition) is 2. The number of carboxylic acid groups (broad SMARTS) is 1. The van der Waals surface area contributed by atoms with Crippen molar-refractivity contribution in [3.05, 3.63) is 48.2 Å². The van der Waals surface area contributed by atoms with Crippen LogP contribution < -0.4 is 5.32 Å². The highest BCUT2D eigenvalue weighted by atomic mass is 19.1. The van der Waals surface area contributed by atoms with Crippen LogP contribution in [0, 0.1) is 5.82 Å². The number of carbonyl (C=O) groups excluding carboxylic acids is 1. The van der Waals surface area contributed by atoms with Crippen LogP contribution in [-0.4, -0.2) is 62.6 Å². The summed E-state index contributed by atoms with van der Waals surface area (Å²) in [6.07, 6.45) is 7.90. The number of likely N-dealkylation sites (tertiary alicyclic amines) is 1. The van der Waals surface area contributed by atoms with Crippen molar-refractivity contribution in [1.29, 1.82) is 0 Å². The summed E-state index contributed by atoms with van der Waals surface area (Å²) < 4.78 is 20.9. The van der Waals surface area contributed by atoms with Gasteiger partial charge in [0.25, 0.3) is 0 Å². The summed E-state index contributed by atoms with van der Waals surface area (Å²) in [7, 11) is 0. The van der Waals surface area contributed by atoms with Gasteiger partial charge in [0.15, 0.2) is 0 Å². The van der Waals surface area contributed by atoms with Crippen LogP contribution in [0.4, 0.5) is 4.39 Å². The van der Waals surface area contributed by atoms with Gasteiger partial charge in [0.05, 0.1) is 11.4 Å². The quantitative estimate of drug-likeness (QED) is 0.518. The Bertz CT molecular complexity index is 1300. The number of benzene rings is 1.